The zero-order valence-electron chi connectivity index (χ0n) is 11.2. The first kappa shape index (κ1) is 15.5. The van der Waals surface area contributed by atoms with Gasteiger partial charge in [0.25, 0.3) is 0 Å². The molecular weight excluding hydrogens is 309 g/mol. The Labute approximate surface area is 133 Å². The molecule has 21 heavy (non-hydrogen) atoms. The molecule has 2 aromatic rings. The van der Waals surface area contributed by atoms with Gasteiger partial charge in [-0.05, 0) is 35.4 Å². The highest BCUT2D eigenvalue weighted by Gasteiger charge is 2.01. The topological polar surface area (TPSA) is 71.1 Å². The molecule has 0 amide bonds. The first-order chi connectivity index (χ1) is 10.0. The molecule has 4 nitrogen and oxygen atoms in total. The van der Waals surface area contributed by atoms with E-state index in [4.69, 9.17) is 39.1 Å². The normalized spacial score (nSPS) is 10.2. The highest BCUT2D eigenvalue weighted by atomic mass is 35.5. The van der Waals surface area contributed by atoms with Gasteiger partial charge in [0.1, 0.15) is 12.4 Å². The average Bonchev–Trinajstić information content (AvgIpc) is 2.47. The molecule has 0 fully saturated rings. The Morgan fingerprint density at radius 3 is 2.33 bits per heavy atom. The predicted molar refractivity (Wildman–Crippen MR) is 86.0 cm³/mol. The molecule has 0 aliphatic heterocycles. The van der Waals surface area contributed by atoms with E-state index in [2.05, 4.69) is 5.32 Å². The Morgan fingerprint density at radius 1 is 1.05 bits per heavy atom. The van der Waals surface area contributed by atoms with Crippen molar-refractivity contribution in [3.63, 3.8) is 0 Å². The minimum Gasteiger partial charge on any atom is -0.489 e. The molecule has 0 radical (unpaired) electrons. The molecule has 0 spiro atoms. The third kappa shape index (κ3) is 4.85. The molecule has 0 aliphatic carbocycles. The molecular formula is C15H15Cl2N3O. The summed E-state index contributed by atoms with van der Waals surface area (Å²) in [7, 11) is 0. The second-order valence-corrected chi connectivity index (χ2v) is 5.26. The number of halogens is 2. The molecule has 0 saturated heterocycles. The maximum Gasteiger partial charge on any atom is 0.185 e. The molecule has 2 aromatic carbocycles. The lowest BCUT2D eigenvalue weighted by molar-refractivity contribution is 0.306. The second kappa shape index (κ2) is 7.20. The molecule has 4 N–H and O–H groups in total. The number of benzene rings is 2. The van der Waals surface area contributed by atoms with Crippen molar-refractivity contribution in [2.45, 2.75) is 13.2 Å². The fourth-order valence-corrected chi connectivity index (χ4v) is 2.02. The van der Waals surface area contributed by atoms with Crippen molar-refractivity contribution in [3.8, 4) is 5.75 Å². The molecule has 0 saturated carbocycles. The van der Waals surface area contributed by atoms with E-state index < -0.39 is 0 Å². The van der Waals surface area contributed by atoms with Crippen LogP contribution in [0.3, 0.4) is 0 Å². The summed E-state index contributed by atoms with van der Waals surface area (Å²) in [6.45, 7) is 0.935. The summed E-state index contributed by atoms with van der Waals surface area (Å²) in [6, 6.07) is 13.0. The third-order valence-electron chi connectivity index (χ3n) is 2.80. The number of nitrogens with one attached hydrogen (secondary N) is 2. The first-order valence-corrected chi connectivity index (χ1v) is 7.04. The van der Waals surface area contributed by atoms with E-state index >= 15 is 0 Å². The van der Waals surface area contributed by atoms with E-state index in [1.807, 2.05) is 30.3 Å². The Morgan fingerprint density at radius 2 is 1.71 bits per heavy atom. The molecule has 2 rings (SSSR count). The van der Waals surface area contributed by atoms with Crippen molar-refractivity contribution in [2.75, 3.05) is 0 Å². The van der Waals surface area contributed by atoms with Crippen molar-refractivity contribution in [2.24, 2.45) is 5.73 Å². The Hall–Kier alpha value is -1.91. The van der Waals surface area contributed by atoms with Crippen LogP contribution >= 0.6 is 23.2 Å². The van der Waals surface area contributed by atoms with Crippen LogP contribution in [0.2, 0.25) is 10.0 Å². The minimum absolute atomic E-state index is 0.0463. The van der Waals surface area contributed by atoms with Gasteiger partial charge in [-0.3, -0.25) is 5.41 Å². The van der Waals surface area contributed by atoms with Crippen LogP contribution in [-0.4, -0.2) is 5.96 Å². The summed E-state index contributed by atoms with van der Waals surface area (Å²) in [5.74, 6) is 0.711. The average molecular weight is 324 g/mol. The lowest BCUT2D eigenvalue weighted by Crippen LogP contribution is -2.29. The van der Waals surface area contributed by atoms with Gasteiger partial charge in [0.05, 0.1) is 10.0 Å². The van der Waals surface area contributed by atoms with E-state index in [0.717, 1.165) is 16.9 Å². The summed E-state index contributed by atoms with van der Waals surface area (Å²) < 4.78 is 5.68. The van der Waals surface area contributed by atoms with Gasteiger partial charge in [-0.1, -0.05) is 41.4 Å². The lowest BCUT2D eigenvalue weighted by Gasteiger charge is -2.08. The van der Waals surface area contributed by atoms with Crippen molar-refractivity contribution in [1.82, 2.24) is 5.32 Å². The Kier molecular flexibility index (Phi) is 5.31. The van der Waals surface area contributed by atoms with E-state index in [9.17, 15) is 0 Å². The van der Waals surface area contributed by atoms with Gasteiger partial charge in [-0.25, -0.2) is 0 Å². The molecule has 0 aliphatic rings. The first-order valence-electron chi connectivity index (χ1n) is 6.28. The summed E-state index contributed by atoms with van der Waals surface area (Å²) in [5, 5.41) is 10.9. The minimum atomic E-state index is -0.0463. The number of nitrogens with two attached hydrogens (primary N) is 1. The number of guanidine groups is 1. The van der Waals surface area contributed by atoms with E-state index in [1.165, 1.54) is 0 Å². The fourth-order valence-electron chi connectivity index (χ4n) is 1.70. The van der Waals surface area contributed by atoms with Gasteiger partial charge in [0, 0.05) is 6.54 Å². The molecule has 110 valence electrons. The van der Waals surface area contributed by atoms with Gasteiger partial charge < -0.3 is 15.8 Å². The van der Waals surface area contributed by atoms with Crippen LogP contribution in [0.1, 0.15) is 11.1 Å². The van der Waals surface area contributed by atoms with Crippen molar-refractivity contribution in [1.29, 1.82) is 5.41 Å². The molecule has 0 atom stereocenters. The zero-order chi connectivity index (χ0) is 15.2. The highest BCUT2D eigenvalue weighted by Crippen LogP contribution is 2.23. The van der Waals surface area contributed by atoms with Crippen LogP contribution in [0.25, 0.3) is 0 Å². The van der Waals surface area contributed by atoms with Gasteiger partial charge in [0.15, 0.2) is 5.96 Å². The molecule has 0 aromatic heterocycles. The van der Waals surface area contributed by atoms with Crippen molar-refractivity contribution in [3.05, 3.63) is 63.6 Å². The van der Waals surface area contributed by atoms with Crippen LogP contribution in [0.5, 0.6) is 5.75 Å². The van der Waals surface area contributed by atoms with Crippen LogP contribution in [0, 0.1) is 5.41 Å². The largest absolute Gasteiger partial charge is 0.489 e. The zero-order valence-corrected chi connectivity index (χ0v) is 12.7. The molecule has 0 heterocycles. The van der Waals surface area contributed by atoms with E-state index in [1.54, 1.807) is 12.1 Å². The van der Waals surface area contributed by atoms with Gasteiger partial charge in [-0.2, -0.15) is 0 Å². The summed E-state index contributed by atoms with van der Waals surface area (Å²) >= 11 is 11.8. The number of hydrogen-bond donors (Lipinski definition) is 3. The summed E-state index contributed by atoms with van der Waals surface area (Å²) in [6.07, 6.45) is 0. The molecule has 6 heteroatoms. The second-order valence-electron chi connectivity index (χ2n) is 4.45. The molecule has 0 bridgehead atoms. The quantitative estimate of drug-likeness (QED) is 0.582. The van der Waals surface area contributed by atoms with Crippen molar-refractivity contribution >= 4 is 29.2 Å². The van der Waals surface area contributed by atoms with Crippen molar-refractivity contribution < 1.29 is 4.74 Å². The number of rotatable bonds is 5. The molecule has 0 unspecified atom stereocenters. The Bertz CT molecular complexity index is 629. The number of ether oxygens (including phenoxy) is 1. The fraction of sp³-hybridized carbons (Fsp3) is 0.133. The van der Waals surface area contributed by atoms with Gasteiger partial charge in [-0.15, -0.1) is 0 Å². The third-order valence-corrected chi connectivity index (χ3v) is 3.53. The number of hydrogen-bond acceptors (Lipinski definition) is 2. The maximum atomic E-state index is 7.10. The van der Waals surface area contributed by atoms with Crippen LogP contribution in [-0.2, 0) is 13.2 Å². The standard InChI is InChI=1S/C15H15Cl2N3O/c16-13-6-3-11(7-14(13)17)9-21-12-4-1-10(2-5-12)8-20-15(18)19/h1-7H,8-9H2,(H4,18,19,20). The lowest BCUT2D eigenvalue weighted by atomic mass is 10.2. The Balaban J connectivity index is 1.91. The summed E-state index contributed by atoms with van der Waals surface area (Å²) in [5.41, 5.74) is 7.20. The van der Waals surface area contributed by atoms with E-state index in [-0.39, 0.29) is 5.96 Å². The van der Waals surface area contributed by atoms with Crippen LogP contribution in [0.15, 0.2) is 42.5 Å². The van der Waals surface area contributed by atoms with Gasteiger partial charge in [0.2, 0.25) is 0 Å². The van der Waals surface area contributed by atoms with E-state index in [0.29, 0.717) is 23.2 Å². The monoisotopic (exact) mass is 323 g/mol. The highest BCUT2D eigenvalue weighted by molar-refractivity contribution is 6.42. The van der Waals surface area contributed by atoms with Gasteiger partial charge >= 0.3 is 0 Å². The smallest absolute Gasteiger partial charge is 0.185 e. The van der Waals surface area contributed by atoms with Crippen LogP contribution in [0.4, 0.5) is 0 Å². The predicted octanol–water partition coefficient (Wildman–Crippen LogP) is 3.56. The maximum absolute atomic E-state index is 7.10. The SMILES string of the molecule is N=C(N)NCc1ccc(OCc2ccc(Cl)c(Cl)c2)cc1. The van der Waals surface area contributed by atoms with Crippen LogP contribution < -0.4 is 15.8 Å². The summed E-state index contributed by atoms with van der Waals surface area (Å²) in [4.78, 5) is 0.